The van der Waals surface area contributed by atoms with Crippen LogP contribution in [0.5, 0.6) is 0 Å². The zero-order valence-corrected chi connectivity index (χ0v) is 7.62. The van der Waals surface area contributed by atoms with Crippen LogP contribution in [0, 0.1) is 11.8 Å². The molecule has 2 heterocycles. The van der Waals surface area contributed by atoms with Gasteiger partial charge < -0.3 is 14.2 Å². The number of epoxide rings is 1. The van der Waals surface area contributed by atoms with E-state index in [4.69, 9.17) is 14.2 Å². The van der Waals surface area contributed by atoms with Gasteiger partial charge in [0, 0.05) is 12.3 Å². The SMILES string of the molecule is C1COC2(CC3CC2CC32CO2)O1. The van der Waals surface area contributed by atoms with Crippen molar-refractivity contribution in [3.63, 3.8) is 0 Å². The lowest BCUT2D eigenvalue weighted by Gasteiger charge is -2.33. The van der Waals surface area contributed by atoms with Gasteiger partial charge in [0.15, 0.2) is 5.79 Å². The molecule has 2 aliphatic heterocycles. The Morgan fingerprint density at radius 1 is 0.923 bits per heavy atom. The van der Waals surface area contributed by atoms with Crippen molar-refractivity contribution in [1.82, 2.24) is 0 Å². The van der Waals surface area contributed by atoms with Crippen molar-refractivity contribution in [2.24, 2.45) is 11.8 Å². The molecule has 2 saturated heterocycles. The fourth-order valence-electron chi connectivity index (χ4n) is 3.61. The van der Waals surface area contributed by atoms with E-state index in [0.717, 1.165) is 32.2 Å². The van der Waals surface area contributed by atoms with Crippen LogP contribution in [0.3, 0.4) is 0 Å². The molecule has 0 radical (unpaired) electrons. The summed E-state index contributed by atoms with van der Waals surface area (Å²) in [4.78, 5) is 0. The average molecular weight is 182 g/mol. The Morgan fingerprint density at radius 2 is 1.69 bits per heavy atom. The molecule has 2 saturated carbocycles. The van der Waals surface area contributed by atoms with E-state index in [0.29, 0.717) is 5.92 Å². The van der Waals surface area contributed by atoms with E-state index >= 15 is 0 Å². The third-order valence-corrected chi connectivity index (χ3v) is 4.35. The molecule has 2 aliphatic carbocycles. The predicted octanol–water partition coefficient (Wildman–Crippen LogP) is 0.928. The van der Waals surface area contributed by atoms with Crippen molar-refractivity contribution < 1.29 is 14.2 Å². The van der Waals surface area contributed by atoms with Crippen LogP contribution in [-0.2, 0) is 14.2 Å². The van der Waals surface area contributed by atoms with E-state index in [1.165, 1.54) is 12.8 Å². The molecule has 4 aliphatic rings. The Balaban J connectivity index is 1.67. The van der Waals surface area contributed by atoms with Crippen LogP contribution in [0.1, 0.15) is 19.3 Å². The number of hydrogen-bond donors (Lipinski definition) is 0. The number of ether oxygens (including phenoxy) is 3. The summed E-state index contributed by atoms with van der Waals surface area (Å²) < 4.78 is 17.1. The molecule has 0 N–H and O–H groups in total. The number of hydrogen-bond acceptors (Lipinski definition) is 3. The Kier molecular flexibility index (Phi) is 1.08. The van der Waals surface area contributed by atoms with Gasteiger partial charge in [0.05, 0.1) is 25.4 Å². The molecule has 2 spiro atoms. The topological polar surface area (TPSA) is 31.0 Å². The third-order valence-electron chi connectivity index (χ3n) is 4.35. The highest BCUT2D eigenvalue weighted by atomic mass is 16.7. The molecular formula is C10H14O3. The second kappa shape index (κ2) is 1.95. The fourth-order valence-corrected chi connectivity index (χ4v) is 3.61. The van der Waals surface area contributed by atoms with Crippen LogP contribution in [0.2, 0.25) is 0 Å². The molecule has 3 nitrogen and oxygen atoms in total. The molecule has 3 unspecified atom stereocenters. The zero-order valence-electron chi connectivity index (χ0n) is 7.62. The smallest absolute Gasteiger partial charge is 0.171 e. The molecule has 0 aromatic heterocycles. The molecule has 3 heteroatoms. The van der Waals surface area contributed by atoms with Crippen molar-refractivity contribution in [2.45, 2.75) is 30.7 Å². The van der Waals surface area contributed by atoms with Crippen LogP contribution >= 0.6 is 0 Å². The standard InChI is InChI=1S/C10H14O3/c1-2-12-10(11-1)5-7-3-8(10)4-9(7)6-13-9/h7-8H,1-6H2. The van der Waals surface area contributed by atoms with E-state index < -0.39 is 0 Å². The average Bonchev–Trinajstić information content (AvgIpc) is 2.54. The monoisotopic (exact) mass is 182 g/mol. The van der Waals surface area contributed by atoms with Crippen molar-refractivity contribution >= 4 is 0 Å². The molecule has 13 heavy (non-hydrogen) atoms. The molecule has 2 bridgehead atoms. The highest BCUT2D eigenvalue weighted by molar-refractivity contribution is 5.15. The minimum atomic E-state index is -0.179. The maximum absolute atomic E-state index is 5.78. The van der Waals surface area contributed by atoms with Gasteiger partial charge in [-0.05, 0) is 18.8 Å². The summed E-state index contributed by atoms with van der Waals surface area (Å²) in [7, 11) is 0. The molecular weight excluding hydrogens is 168 g/mol. The number of fused-ring (bicyclic) bond motifs is 4. The van der Waals surface area contributed by atoms with Crippen LogP contribution in [-0.4, -0.2) is 31.2 Å². The lowest BCUT2D eigenvalue weighted by Crippen LogP contribution is -2.41. The normalized spacial score (nSPS) is 55.4. The third kappa shape index (κ3) is 0.729. The van der Waals surface area contributed by atoms with E-state index in [1.807, 2.05) is 0 Å². The largest absolute Gasteiger partial charge is 0.369 e. The molecule has 0 amide bonds. The summed E-state index contributed by atoms with van der Waals surface area (Å²) in [5.74, 6) is 1.15. The van der Waals surface area contributed by atoms with Crippen LogP contribution in [0.4, 0.5) is 0 Å². The van der Waals surface area contributed by atoms with Gasteiger partial charge in [-0.2, -0.15) is 0 Å². The fraction of sp³-hybridized carbons (Fsp3) is 1.00. The van der Waals surface area contributed by atoms with Gasteiger partial charge in [-0.3, -0.25) is 0 Å². The minimum absolute atomic E-state index is 0.179. The summed E-state index contributed by atoms with van der Waals surface area (Å²) in [5.41, 5.74) is 0.283. The summed E-state index contributed by atoms with van der Waals surface area (Å²) in [6, 6.07) is 0. The molecule has 0 aromatic carbocycles. The number of rotatable bonds is 0. The predicted molar refractivity (Wildman–Crippen MR) is 44.1 cm³/mol. The first kappa shape index (κ1) is 7.21. The van der Waals surface area contributed by atoms with Gasteiger partial charge in [0.1, 0.15) is 0 Å². The summed E-state index contributed by atoms with van der Waals surface area (Å²) in [6.07, 6.45) is 3.52. The van der Waals surface area contributed by atoms with Crippen molar-refractivity contribution in [3.8, 4) is 0 Å². The van der Waals surface area contributed by atoms with Gasteiger partial charge in [-0.25, -0.2) is 0 Å². The Bertz CT molecular complexity index is 253. The maximum Gasteiger partial charge on any atom is 0.171 e. The van der Waals surface area contributed by atoms with Gasteiger partial charge in [0.25, 0.3) is 0 Å². The molecule has 3 atom stereocenters. The quantitative estimate of drug-likeness (QED) is 0.522. The molecule has 0 aromatic rings. The Labute approximate surface area is 77.3 Å². The Morgan fingerprint density at radius 3 is 2.23 bits per heavy atom. The zero-order chi connectivity index (χ0) is 8.52. The minimum Gasteiger partial charge on any atom is -0.369 e. The lowest BCUT2D eigenvalue weighted by molar-refractivity contribution is -0.196. The van der Waals surface area contributed by atoms with Crippen LogP contribution in [0.15, 0.2) is 0 Å². The van der Waals surface area contributed by atoms with E-state index in [2.05, 4.69) is 0 Å². The lowest BCUT2D eigenvalue weighted by atomic mass is 9.85. The van der Waals surface area contributed by atoms with Gasteiger partial charge >= 0.3 is 0 Å². The highest BCUT2D eigenvalue weighted by Crippen LogP contribution is 2.63. The molecule has 4 fully saturated rings. The first-order chi connectivity index (χ1) is 6.33. The van der Waals surface area contributed by atoms with Gasteiger partial charge in [0.2, 0.25) is 0 Å². The van der Waals surface area contributed by atoms with Crippen molar-refractivity contribution in [1.29, 1.82) is 0 Å². The van der Waals surface area contributed by atoms with E-state index in [1.54, 1.807) is 0 Å². The first-order valence-electron chi connectivity index (χ1n) is 5.25. The van der Waals surface area contributed by atoms with Crippen LogP contribution < -0.4 is 0 Å². The van der Waals surface area contributed by atoms with Crippen molar-refractivity contribution in [2.75, 3.05) is 19.8 Å². The molecule has 4 rings (SSSR count). The Hall–Kier alpha value is -0.120. The first-order valence-corrected chi connectivity index (χ1v) is 5.25. The van der Waals surface area contributed by atoms with E-state index in [9.17, 15) is 0 Å². The molecule has 72 valence electrons. The second-order valence-electron chi connectivity index (χ2n) is 4.90. The highest BCUT2D eigenvalue weighted by Gasteiger charge is 2.69. The summed E-state index contributed by atoms with van der Waals surface area (Å²) in [6.45, 7) is 2.57. The second-order valence-corrected chi connectivity index (χ2v) is 4.90. The van der Waals surface area contributed by atoms with Crippen LogP contribution in [0.25, 0.3) is 0 Å². The van der Waals surface area contributed by atoms with Crippen molar-refractivity contribution in [3.05, 3.63) is 0 Å². The maximum atomic E-state index is 5.78. The van der Waals surface area contributed by atoms with Gasteiger partial charge in [-0.15, -0.1) is 0 Å². The van der Waals surface area contributed by atoms with E-state index in [-0.39, 0.29) is 11.4 Å². The summed E-state index contributed by atoms with van der Waals surface area (Å²) in [5, 5.41) is 0. The van der Waals surface area contributed by atoms with Gasteiger partial charge in [-0.1, -0.05) is 0 Å². The summed E-state index contributed by atoms with van der Waals surface area (Å²) >= 11 is 0.